The van der Waals surface area contributed by atoms with Crippen molar-refractivity contribution in [3.05, 3.63) is 35.8 Å². The summed E-state index contributed by atoms with van der Waals surface area (Å²) in [5.74, 6) is 0.491. The lowest BCUT2D eigenvalue weighted by molar-refractivity contribution is 0.105. The number of methoxy groups -OCH3 is 1. The topological polar surface area (TPSA) is 34.4 Å². The molecule has 0 saturated heterocycles. The van der Waals surface area contributed by atoms with E-state index < -0.39 is 0 Å². The monoisotopic (exact) mass is 293 g/mol. The van der Waals surface area contributed by atoms with Gasteiger partial charge in [0.2, 0.25) is 0 Å². The Morgan fingerprint density at radius 3 is 2.81 bits per heavy atom. The van der Waals surface area contributed by atoms with Crippen LogP contribution in [0, 0.1) is 5.82 Å². The molecule has 0 aliphatic heterocycles. The smallest absolute Gasteiger partial charge is 0.169 e. The molecule has 4 heteroatoms. The van der Waals surface area contributed by atoms with Crippen LogP contribution in [-0.2, 0) is 4.74 Å². The van der Waals surface area contributed by atoms with E-state index in [0.717, 1.165) is 37.0 Å². The highest BCUT2D eigenvalue weighted by Crippen LogP contribution is 2.28. The maximum Gasteiger partial charge on any atom is 0.169 e. The molecule has 0 radical (unpaired) electrons. The third kappa shape index (κ3) is 4.05. The average Bonchev–Trinajstić information content (AvgIpc) is 2.92. The van der Waals surface area contributed by atoms with E-state index in [1.807, 2.05) is 12.1 Å². The molecule has 0 saturated carbocycles. The second-order valence-corrected chi connectivity index (χ2v) is 5.44. The summed E-state index contributed by atoms with van der Waals surface area (Å²) in [5.41, 5.74) is 0.343. The minimum Gasteiger partial charge on any atom is -0.456 e. The van der Waals surface area contributed by atoms with Crippen molar-refractivity contribution < 1.29 is 13.5 Å². The number of ether oxygens (including phenoxy) is 1. The molecule has 0 aliphatic rings. The molecule has 0 spiro atoms. The first kappa shape index (κ1) is 16.0. The van der Waals surface area contributed by atoms with Gasteiger partial charge in [-0.2, -0.15) is 0 Å². The number of fused-ring (bicyclic) bond motifs is 1. The molecule has 1 aromatic carbocycles. The van der Waals surface area contributed by atoms with Crippen molar-refractivity contribution in [1.82, 2.24) is 5.32 Å². The Kier molecular flexibility index (Phi) is 5.76. The number of para-hydroxylation sites is 1. The Morgan fingerprint density at radius 1 is 1.33 bits per heavy atom. The second-order valence-electron chi connectivity index (χ2n) is 5.44. The van der Waals surface area contributed by atoms with Crippen LogP contribution < -0.4 is 5.32 Å². The number of nitrogens with one attached hydrogen (secondary N) is 1. The SMILES string of the molecule is CCCNC(CCC(C)OC)c1cc2cccc(F)c2o1. The molecular formula is C17H24FNO2. The minimum atomic E-state index is -0.307. The van der Waals surface area contributed by atoms with Crippen molar-refractivity contribution in [2.45, 2.75) is 45.3 Å². The molecule has 1 heterocycles. The quantitative estimate of drug-likeness (QED) is 0.782. The molecule has 21 heavy (non-hydrogen) atoms. The van der Waals surface area contributed by atoms with E-state index in [9.17, 15) is 4.39 Å². The number of halogens is 1. The van der Waals surface area contributed by atoms with Gasteiger partial charge < -0.3 is 14.5 Å². The molecule has 116 valence electrons. The minimum absolute atomic E-state index is 0.0920. The van der Waals surface area contributed by atoms with Gasteiger partial charge in [-0.1, -0.05) is 19.1 Å². The molecule has 1 N–H and O–H groups in total. The van der Waals surface area contributed by atoms with Crippen LogP contribution in [0.4, 0.5) is 4.39 Å². The van der Waals surface area contributed by atoms with Crippen molar-refractivity contribution in [2.24, 2.45) is 0 Å². The highest BCUT2D eigenvalue weighted by atomic mass is 19.1. The number of rotatable bonds is 8. The average molecular weight is 293 g/mol. The Labute approximate surface area is 125 Å². The maximum absolute atomic E-state index is 13.7. The molecule has 1 aromatic heterocycles. The van der Waals surface area contributed by atoms with Crippen molar-refractivity contribution >= 4 is 11.0 Å². The van der Waals surface area contributed by atoms with Crippen molar-refractivity contribution in [3.8, 4) is 0 Å². The summed E-state index contributed by atoms with van der Waals surface area (Å²) in [4.78, 5) is 0. The first-order valence-corrected chi connectivity index (χ1v) is 7.59. The van der Waals surface area contributed by atoms with E-state index in [0.29, 0.717) is 5.58 Å². The van der Waals surface area contributed by atoms with Crippen molar-refractivity contribution in [1.29, 1.82) is 0 Å². The summed E-state index contributed by atoms with van der Waals surface area (Å²) in [6, 6.07) is 7.04. The van der Waals surface area contributed by atoms with Gasteiger partial charge in [-0.05, 0) is 44.9 Å². The highest BCUT2D eigenvalue weighted by molar-refractivity contribution is 5.78. The van der Waals surface area contributed by atoms with Gasteiger partial charge in [-0.3, -0.25) is 0 Å². The van der Waals surface area contributed by atoms with Gasteiger partial charge in [0.05, 0.1) is 12.1 Å². The Balaban J connectivity index is 2.18. The van der Waals surface area contributed by atoms with E-state index in [1.165, 1.54) is 6.07 Å². The summed E-state index contributed by atoms with van der Waals surface area (Å²) < 4.78 is 24.8. The predicted molar refractivity (Wildman–Crippen MR) is 82.9 cm³/mol. The van der Waals surface area contributed by atoms with E-state index in [2.05, 4.69) is 19.2 Å². The van der Waals surface area contributed by atoms with Crippen LogP contribution in [0.15, 0.2) is 28.7 Å². The molecule has 0 bridgehead atoms. The van der Waals surface area contributed by atoms with E-state index in [1.54, 1.807) is 13.2 Å². The van der Waals surface area contributed by atoms with Gasteiger partial charge in [-0.25, -0.2) is 4.39 Å². The molecule has 2 atom stereocenters. The standard InChI is InChI=1S/C17H24FNO2/c1-4-10-19-15(9-8-12(2)20-3)16-11-13-6-5-7-14(18)17(13)21-16/h5-7,11-12,15,19H,4,8-10H2,1-3H3. The van der Waals surface area contributed by atoms with Crippen molar-refractivity contribution in [2.75, 3.05) is 13.7 Å². The number of benzene rings is 1. The summed E-state index contributed by atoms with van der Waals surface area (Å²) in [6.07, 6.45) is 3.08. The zero-order chi connectivity index (χ0) is 15.2. The van der Waals surface area contributed by atoms with Gasteiger partial charge in [0, 0.05) is 12.5 Å². The normalized spacial score (nSPS) is 14.5. The molecule has 0 amide bonds. The van der Waals surface area contributed by atoms with Gasteiger partial charge in [0.1, 0.15) is 5.76 Å². The summed E-state index contributed by atoms with van der Waals surface area (Å²) in [5, 5.41) is 4.29. The Morgan fingerprint density at radius 2 is 2.14 bits per heavy atom. The summed E-state index contributed by atoms with van der Waals surface area (Å²) in [7, 11) is 1.72. The Bertz CT molecular complexity index is 567. The van der Waals surface area contributed by atoms with Crippen LogP contribution in [0.25, 0.3) is 11.0 Å². The van der Waals surface area contributed by atoms with Crippen LogP contribution in [0.3, 0.4) is 0 Å². The first-order chi connectivity index (χ1) is 10.2. The van der Waals surface area contributed by atoms with Gasteiger partial charge in [0.25, 0.3) is 0 Å². The summed E-state index contributed by atoms with van der Waals surface area (Å²) in [6.45, 7) is 5.08. The molecule has 2 rings (SSSR count). The number of hydrogen-bond acceptors (Lipinski definition) is 3. The third-order valence-corrected chi connectivity index (χ3v) is 3.76. The van der Waals surface area contributed by atoms with Crippen LogP contribution in [-0.4, -0.2) is 19.8 Å². The highest BCUT2D eigenvalue weighted by Gasteiger charge is 2.18. The van der Waals surface area contributed by atoms with Crippen LogP contribution in [0.1, 0.15) is 44.9 Å². The molecule has 3 nitrogen and oxygen atoms in total. The first-order valence-electron chi connectivity index (χ1n) is 7.59. The van der Waals surface area contributed by atoms with Gasteiger partial charge in [-0.15, -0.1) is 0 Å². The number of hydrogen-bond donors (Lipinski definition) is 1. The van der Waals surface area contributed by atoms with E-state index in [-0.39, 0.29) is 18.0 Å². The molecule has 2 unspecified atom stereocenters. The van der Waals surface area contributed by atoms with E-state index >= 15 is 0 Å². The predicted octanol–water partition coefficient (Wildman–Crippen LogP) is 4.43. The van der Waals surface area contributed by atoms with Crippen LogP contribution >= 0.6 is 0 Å². The van der Waals surface area contributed by atoms with Crippen LogP contribution in [0.5, 0.6) is 0 Å². The van der Waals surface area contributed by atoms with Crippen molar-refractivity contribution in [3.63, 3.8) is 0 Å². The largest absolute Gasteiger partial charge is 0.456 e. The summed E-state index contributed by atoms with van der Waals surface area (Å²) >= 11 is 0. The molecule has 0 fully saturated rings. The Hall–Kier alpha value is -1.39. The number of furan rings is 1. The van der Waals surface area contributed by atoms with E-state index in [4.69, 9.17) is 9.15 Å². The zero-order valence-electron chi connectivity index (χ0n) is 13.0. The maximum atomic E-state index is 13.7. The molecule has 0 aliphatic carbocycles. The van der Waals surface area contributed by atoms with Gasteiger partial charge in [0.15, 0.2) is 11.4 Å². The third-order valence-electron chi connectivity index (χ3n) is 3.76. The molecular weight excluding hydrogens is 269 g/mol. The fourth-order valence-electron chi connectivity index (χ4n) is 2.40. The fraction of sp³-hybridized carbons (Fsp3) is 0.529. The molecule has 2 aromatic rings. The van der Waals surface area contributed by atoms with Crippen LogP contribution in [0.2, 0.25) is 0 Å². The second kappa shape index (κ2) is 7.57. The van der Waals surface area contributed by atoms with Gasteiger partial charge >= 0.3 is 0 Å². The lowest BCUT2D eigenvalue weighted by Crippen LogP contribution is -2.23. The fourth-order valence-corrected chi connectivity index (χ4v) is 2.40. The lowest BCUT2D eigenvalue weighted by atomic mass is 10.1. The zero-order valence-corrected chi connectivity index (χ0v) is 13.0. The lowest BCUT2D eigenvalue weighted by Gasteiger charge is -2.18.